The van der Waals surface area contributed by atoms with Crippen molar-refractivity contribution in [2.75, 3.05) is 6.54 Å². The van der Waals surface area contributed by atoms with Gasteiger partial charge in [-0.05, 0) is 37.5 Å². The Morgan fingerprint density at radius 2 is 1.86 bits per heavy atom. The standard InChI is InChI=1S/C16H20N2O3/c1-2-18(11-12-7-9-17-10-8-12)15(19)13-5-3-4-6-14(13)16(20)21/h3-4,7-10,13-14H,2,5-6,11H2,1H3,(H,20,21)/t13-,14+/m1/s1. The number of hydrogen-bond acceptors (Lipinski definition) is 3. The minimum Gasteiger partial charge on any atom is -0.481 e. The van der Waals surface area contributed by atoms with Crippen molar-refractivity contribution in [3.05, 3.63) is 42.2 Å². The zero-order chi connectivity index (χ0) is 15.2. The van der Waals surface area contributed by atoms with Crippen LogP contribution in [0.5, 0.6) is 0 Å². The van der Waals surface area contributed by atoms with E-state index in [1.165, 1.54) is 0 Å². The monoisotopic (exact) mass is 288 g/mol. The molecule has 1 amide bonds. The topological polar surface area (TPSA) is 70.5 Å². The summed E-state index contributed by atoms with van der Waals surface area (Å²) in [5, 5.41) is 9.29. The van der Waals surface area contributed by atoms with Gasteiger partial charge in [-0.2, -0.15) is 0 Å². The molecule has 0 unspecified atom stereocenters. The van der Waals surface area contributed by atoms with Gasteiger partial charge in [0.15, 0.2) is 0 Å². The molecular weight excluding hydrogens is 268 g/mol. The molecule has 1 heterocycles. The van der Waals surface area contributed by atoms with Crippen LogP contribution in [0.25, 0.3) is 0 Å². The molecule has 0 bridgehead atoms. The lowest BCUT2D eigenvalue weighted by Gasteiger charge is -2.30. The van der Waals surface area contributed by atoms with Gasteiger partial charge in [0.25, 0.3) is 0 Å². The summed E-state index contributed by atoms with van der Waals surface area (Å²) in [6.45, 7) is 2.96. The van der Waals surface area contributed by atoms with Gasteiger partial charge in [0.2, 0.25) is 5.91 Å². The highest BCUT2D eigenvalue weighted by atomic mass is 16.4. The maximum atomic E-state index is 12.7. The highest BCUT2D eigenvalue weighted by molar-refractivity contribution is 5.85. The molecule has 0 spiro atoms. The SMILES string of the molecule is CCN(Cc1ccncc1)C(=O)[C@@H]1CC=CC[C@@H]1C(=O)O. The van der Waals surface area contributed by atoms with Crippen LogP contribution >= 0.6 is 0 Å². The number of nitrogens with zero attached hydrogens (tertiary/aromatic N) is 2. The molecule has 1 aliphatic carbocycles. The van der Waals surface area contributed by atoms with Gasteiger partial charge in [-0.3, -0.25) is 14.6 Å². The lowest BCUT2D eigenvalue weighted by Crippen LogP contribution is -2.41. The van der Waals surface area contributed by atoms with Crippen molar-refractivity contribution < 1.29 is 14.7 Å². The Morgan fingerprint density at radius 1 is 1.24 bits per heavy atom. The molecule has 0 aromatic carbocycles. The van der Waals surface area contributed by atoms with Crippen molar-refractivity contribution >= 4 is 11.9 Å². The average Bonchev–Trinajstić information content (AvgIpc) is 2.53. The van der Waals surface area contributed by atoms with Crippen molar-refractivity contribution in [3.8, 4) is 0 Å². The number of rotatable bonds is 5. The van der Waals surface area contributed by atoms with E-state index in [0.717, 1.165) is 5.56 Å². The van der Waals surface area contributed by atoms with E-state index in [1.807, 2.05) is 31.2 Å². The zero-order valence-electron chi connectivity index (χ0n) is 12.1. The van der Waals surface area contributed by atoms with Crippen LogP contribution in [0.1, 0.15) is 25.3 Å². The smallest absolute Gasteiger partial charge is 0.307 e. The molecule has 2 atom stereocenters. The third-order valence-corrected chi connectivity index (χ3v) is 3.88. The van der Waals surface area contributed by atoms with E-state index in [2.05, 4.69) is 4.98 Å². The quantitative estimate of drug-likeness (QED) is 0.842. The maximum Gasteiger partial charge on any atom is 0.307 e. The molecule has 0 saturated heterocycles. The van der Waals surface area contributed by atoms with Crippen LogP contribution in [0.3, 0.4) is 0 Å². The molecule has 21 heavy (non-hydrogen) atoms. The number of carboxylic acids is 1. The number of carboxylic acid groups (broad SMARTS) is 1. The highest BCUT2D eigenvalue weighted by Gasteiger charge is 2.35. The van der Waals surface area contributed by atoms with Crippen LogP contribution in [-0.4, -0.2) is 33.4 Å². The van der Waals surface area contributed by atoms with Crippen molar-refractivity contribution in [1.82, 2.24) is 9.88 Å². The molecule has 0 saturated carbocycles. The number of allylic oxidation sites excluding steroid dienone is 2. The van der Waals surface area contributed by atoms with Gasteiger partial charge in [0.05, 0.1) is 11.8 Å². The van der Waals surface area contributed by atoms with E-state index in [-0.39, 0.29) is 5.91 Å². The van der Waals surface area contributed by atoms with E-state index in [4.69, 9.17) is 0 Å². The highest BCUT2D eigenvalue weighted by Crippen LogP contribution is 2.28. The Kier molecular flexibility index (Phi) is 5.09. The van der Waals surface area contributed by atoms with Crippen molar-refractivity contribution in [2.24, 2.45) is 11.8 Å². The zero-order valence-corrected chi connectivity index (χ0v) is 12.1. The van der Waals surface area contributed by atoms with Crippen molar-refractivity contribution in [1.29, 1.82) is 0 Å². The van der Waals surface area contributed by atoms with Crippen LogP contribution in [0.4, 0.5) is 0 Å². The van der Waals surface area contributed by atoms with E-state index in [0.29, 0.717) is 25.9 Å². The fourth-order valence-electron chi connectivity index (χ4n) is 2.65. The fraction of sp³-hybridized carbons (Fsp3) is 0.438. The summed E-state index contributed by atoms with van der Waals surface area (Å²) in [5.74, 6) is -2.05. The third kappa shape index (κ3) is 3.68. The van der Waals surface area contributed by atoms with Crippen molar-refractivity contribution in [3.63, 3.8) is 0 Å². The number of amides is 1. The maximum absolute atomic E-state index is 12.7. The predicted molar refractivity (Wildman–Crippen MR) is 78.3 cm³/mol. The number of carbonyl (C=O) groups excluding carboxylic acids is 1. The van der Waals surface area contributed by atoms with E-state index in [1.54, 1.807) is 17.3 Å². The Hall–Kier alpha value is -2.17. The molecular formula is C16H20N2O3. The van der Waals surface area contributed by atoms with Gasteiger partial charge in [0, 0.05) is 25.5 Å². The lowest BCUT2D eigenvalue weighted by molar-refractivity contribution is -0.150. The predicted octanol–water partition coefficient (Wildman–Crippen LogP) is 2.10. The van der Waals surface area contributed by atoms with Gasteiger partial charge in [0.1, 0.15) is 0 Å². The first-order valence-corrected chi connectivity index (χ1v) is 7.19. The van der Waals surface area contributed by atoms with Crippen LogP contribution in [0.2, 0.25) is 0 Å². The van der Waals surface area contributed by atoms with Crippen LogP contribution < -0.4 is 0 Å². The van der Waals surface area contributed by atoms with Gasteiger partial charge in [-0.1, -0.05) is 12.2 Å². The Labute approximate surface area is 124 Å². The second-order valence-electron chi connectivity index (χ2n) is 5.20. The number of carbonyl (C=O) groups is 2. The minimum atomic E-state index is -0.891. The second-order valence-corrected chi connectivity index (χ2v) is 5.20. The molecule has 112 valence electrons. The average molecular weight is 288 g/mol. The van der Waals surface area contributed by atoms with Gasteiger partial charge in [-0.15, -0.1) is 0 Å². The molecule has 0 fully saturated rings. The number of aliphatic carboxylic acids is 1. The normalized spacial score (nSPS) is 21.0. The van der Waals surface area contributed by atoms with Crippen molar-refractivity contribution in [2.45, 2.75) is 26.3 Å². The number of pyridine rings is 1. The summed E-state index contributed by atoms with van der Waals surface area (Å²) in [5.41, 5.74) is 0.999. The third-order valence-electron chi connectivity index (χ3n) is 3.88. The molecule has 1 aromatic rings. The van der Waals surface area contributed by atoms with E-state index < -0.39 is 17.8 Å². The molecule has 1 aliphatic rings. The largest absolute Gasteiger partial charge is 0.481 e. The van der Waals surface area contributed by atoms with Gasteiger partial charge >= 0.3 is 5.97 Å². The second kappa shape index (κ2) is 7.02. The Morgan fingerprint density at radius 3 is 2.43 bits per heavy atom. The minimum absolute atomic E-state index is 0.0777. The van der Waals surface area contributed by atoms with Crippen LogP contribution in [-0.2, 0) is 16.1 Å². The van der Waals surface area contributed by atoms with E-state index in [9.17, 15) is 14.7 Å². The summed E-state index contributed by atoms with van der Waals surface area (Å²) in [4.78, 5) is 29.7. The molecule has 1 aromatic heterocycles. The van der Waals surface area contributed by atoms with Crippen LogP contribution in [0.15, 0.2) is 36.7 Å². The summed E-state index contributed by atoms with van der Waals surface area (Å²) in [7, 11) is 0. The molecule has 0 aliphatic heterocycles. The molecule has 2 rings (SSSR count). The molecule has 5 heteroatoms. The van der Waals surface area contributed by atoms with Crippen LogP contribution in [0, 0.1) is 11.8 Å². The lowest BCUT2D eigenvalue weighted by atomic mass is 9.82. The van der Waals surface area contributed by atoms with Gasteiger partial charge < -0.3 is 10.0 Å². The first kappa shape index (κ1) is 15.2. The summed E-state index contributed by atoms with van der Waals surface area (Å²) < 4.78 is 0. The summed E-state index contributed by atoms with van der Waals surface area (Å²) >= 11 is 0. The first-order chi connectivity index (χ1) is 10.1. The summed E-state index contributed by atoms with van der Waals surface area (Å²) in [6, 6.07) is 3.73. The van der Waals surface area contributed by atoms with Gasteiger partial charge in [-0.25, -0.2) is 0 Å². The summed E-state index contributed by atoms with van der Waals surface area (Å²) in [6.07, 6.45) is 8.07. The molecule has 1 N–H and O–H groups in total. The molecule has 0 radical (unpaired) electrons. The number of aromatic nitrogens is 1. The fourth-order valence-corrected chi connectivity index (χ4v) is 2.65. The Bertz CT molecular complexity index is 528. The first-order valence-electron chi connectivity index (χ1n) is 7.19. The number of hydrogen-bond donors (Lipinski definition) is 1. The molecule has 5 nitrogen and oxygen atoms in total. The van der Waals surface area contributed by atoms with E-state index >= 15 is 0 Å². The Balaban J connectivity index is 2.12.